The Bertz CT molecular complexity index is 508. The molecule has 1 unspecified atom stereocenters. The summed E-state index contributed by atoms with van der Waals surface area (Å²) >= 11 is 0. The number of hydrogen-bond acceptors (Lipinski definition) is 4. The summed E-state index contributed by atoms with van der Waals surface area (Å²) < 4.78 is 10.1. The third kappa shape index (κ3) is 5.35. The van der Waals surface area contributed by atoms with Gasteiger partial charge in [0.1, 0.15) is 0 Å². The molecule has 4 heteroatoms. The molecule has 120 valence electrons. The number of unbranched alkanes of at least 4 members (excludes halogenated alkanes) is 1. The van der Waals surface area contributed by atoms with E-state index >= 15 is 0 Å². The number of ether oxygens (including phenoxy) is 2. The number of carbonyl (C=O) groups excluding carboxylic acids is 2. The van der Waals surface area contributed by atoms with Crippen LogP contribution in [0.15, 0.2) is 37.1 Å². The van der Waals surface area contributed by atoms with Crippen molar-refractivity contribution in [1.29, 1.82) is 0 Å². The van der Waals surface area contributed by atoms with Gasteiger partial charge in [0, 0.05) is 0 Å². The minimum absolute atomic E-state index is 0.189. The summed E-state index contributed by atoms with van der Waals surface area (Å²) in [4.78, 5) is 24.0. The number of benzene rings is 1. The van der Waals surface area contributed by atoms with Crippen LogP contribution < -0.4 is 0 Å². The Morgan fingerprint density at radius 2 is 1.82 bits per heavy atom. The van der Waals surface area contributed by atoms with Crippen molar-refractivity contribution in [2.24, 2.45) is 5.92 Å². The van der Waals surface area contributed by atoms with E-state index < -0.39 is 11.9 Å². The summed E-state index contributed by atoms with van der Waals surface area (Å²) in [7, 11) is 0. The summed E-state index contributed by atoms with van der Waals surface area (Å²) in [6.07, 6.45) is 5.30. The van der Waals surface area contributed by atoms with Crippen LogP contribution in [-0.2, 0) is 9.47 Å². The van der Waals surface area contributed by atoms with Crippen LogP contribution in [0.25, 0.3) is 0 Å². The molecule has 0 bridgehead atoms. The molecule has 0 aromatic heterocycles. The van der Waals surface area contributed by atoms with Crippen LogP contribution >= 0.6 is 0 Å². The molecule has 22 heavy (non-hydrogen) atoms. The monoisotopic (exact) mass is 304 g/mol. The Balaban J connectivity index is 2.73. The summed E-state index contributed by atoms with van der Waals surface area (Å²) in [6, 6.07) is 6.47. The van der Waals surface area contributed by atoms with Crippen LogP contribution in [0, 0.1) is 5.92 Å². The maximum atomic E-state index is 12.2. The first-order chi connectivity index (χ1) is 10.6. The highest BCUT2D eigenvalue weighted by molar-refractivity contribution is 6.03. The Morgan fingerprint density at radius 1 is 1.18 bits per heavy atom. The second-order valence-corrected chi connectivity index (χ2v) is 5.13. The van der Waals surface area contributed by atoms with E-state index in [2.05, 4.69) is 20.4 Å². The van der Waals surface area contributed by atoms with Gasteiger partial charge in [0.15, 0.2) is 0 Å². The SMILES string of the molecule is C=COC(=O)c1ccccc1C(=O)OCC(CC)CCCC. The van der Waals surface area contributed by atoms with Gasteiger partial charge in [-0.1, -0.05) is 51.8 Å². The lowest BCUT2D eigenvalue weighted by Crippen LogP contribution is -2.17. The van der Waals surface area contributed by atoms with Gasteiger partial charge in [-0.2, -0.15) is 0 Å². The van der Waals surface area contributed by atoms with Gasteiger partial charge in [-0.05, 0) is 24.5 Å². The van der Waals surface area contributed by atoms with E-state index in [1.165, 1.54) is 6.07 Å². The van der Waals surface area contributed by atoms with Gasteiger partial charge in [0.05, 0.1) is 24.0 Å². The van der Waals surface area contributed by atoms with E-state index in [0.29, 0.717) is 12.5 Å². The largest absolute Gasteiger partial charge is 0.462 e. The first kappa shape index (κ1) is 18.0. The quantitative estimate of drug-likeness (QED) is 0.502. The maximum Gasteiger partial charge on any atom is 0.343 e. The van der Waals surface area contributed by atoms with Crippen molar-refractivity contribution in [3.63, 3.8) is 0 Å². The van der Waals surface area contributed by atoms with Crippen molar-refractivity contribution in [1.82, 2.24) is 0 Å². The molecule has 0 aliphatic rings. The molecule has 0 saturated heterocycles. The molecule has 0 aliphatic heterocycles. The molecular formula is C18H24O4. The molecule has 0 heterocycles. The van der Waals surface area contributed by atoms with Gasteiger partial charge in [0.25, 0.3) is 0 Å². The van der Waals surface area contributed by atoms with E-state index in [9.17, 15) is 9.59 Å². The number of carbonyl (C=O) groups is 2. The Morgan fingerprint density at radius 3 is 2.36 bits per heavy atom. The Hall–Kier alpha value is -2.10. The zero-order valence-electron chi connectivity index (χ0n) is 13.3. The standard InChI is InChI=1S/C18H24O4/c1-4-7-10-14(5-2)13-22-18(20)16-12-9-8-11-15(16)17(19)21-6-3/h6,8-9,11-12,14H,3-5,7,10,13H2,1-2H3. The van der Waals surface area contributed by atoms with Gasteiger partial charge in [-0.25, -0.2) is 9.59 Å². The molecule has 0 spiro atoms. The maximum absolute atomic E-state index is 12.2. The molecule has 1 aromatic rings. The van der Waals surface area contributed by atoms with E-state index in [1.54, 1.807) is 18.2 Å². The highest BCUT2D eigenvalue weighted by atomic mass is 16.5. The van der Waals surface area contributed by atoms with Crippen molar-refractivity contribution >= 4 is 11.9 Å². The van der Waals surface area contributed by atoms with Crippen molar-refractivity contribution in [3.05, 3.63) is 48.2 Å². The number of esters is 2. The van der Waals surface area contributed by atoms with E-state index in [1.807, 2.05) is 0 Å². The lowest BCUT2D eigenvalue weighted by molar-refractivity contribution is 0.0419. The average molecular weight is 304 g/mol. The molecular weight excluding hydrogens is 280 g/mol. The van der Waals surface area contributed by atoms with Crippen LogP contribution in [0.4, 0.5) is 0 Å². The Labute approximate surface area is 132 Å². The average Bonchev–Trinajstić information content (AvgIpc) is 2.55. The van der Waals surface area contributed by atoms with Gasteiger partial charge in [-0.3, -0.25) is 0 Å². The van der Waals surface area contributed by atoms with Crippen LogP contribution in [0.3, 0.4) is 0 Å². The lowest BCUT2D eigenvalue weighted by atomic mass is 10.0. The van der Waals surface area contributed by atoms with Crippen LogP contribution in [-0.4, -0.2) is 18.5 Å². The molecule has 1 rings (SSSR count). The normalized spacial score (nSPS) is 11.5. The molecule has 0 aliphatic carbocycles. The van der Waals surface area contributed by atoms with E-state index in [4.69, 9.17) is 9.47 Å². The highest BCUT2D eigenvalue weighted by Crippen LogP contribution is 2.16. The molecule has 0 radical (unpaired) electrons. The minimum Gasteiger partial charge on any atom is -0.462 e. The third-order valence-corrected chi connectivity index (χ3v) is 3.55. The molecule has 0 saturated carbocycles. The van der Waals surface area contributed by atoms with Crippen LogP contribution in [0.2, 0.25) is 0 Å². The first-order valence-electron chi connectivity index (χ1n) is 7.72. The van der Waals surface area contributed by atoms with Gasteiger partial charge in [0.2, 0.25) is 0 Å². The van der Waals surface area contributed by atoms with Gasteiger partial charge >= 0.3 is 11.9 Å². The fourth-order valence-electron chi connectivity index (χ4n) is 2.15. The van der Waals surface area contributed by atoms with Crippen molar-refractivity contribution < 1.29 is 19.1 Å². The molecule has 1 aromatic carbocycles. The highest BCUT2D eigenvalue weighted by Gasteiger charge is 2.19. The zero-order valence-corrected chi connectivity index (χ0v) is 13.3. The molecule has 0 amide bonds. The zero-order chi connectivity index (χ0) is 16.4. The number of rotatable bonds is 9. The van der Waals surface area contributed by atoms with Crippen molar-refractivity contribution in [2.75, 3.05) is 6.61 Å². The van der Waals surface area contributed by atoms with Crippen LogP contribution in [0.5, 0.6) is 0 Å². The smallest absolute Gasteiger partial charge is 0.343 e. The van der Waals surface area contributed by atoms with Crippen molar-refractivity contribution in [3.8, 4) is 0 Å². The second kappa shape index (κ2) is 9.77. The third-order valence-electron chi connectivity index (χ3n) is 3.55. The lowest BCUT2D eigenvalue weighted by Gasteiger charge is -2.15. The first-order valence-corrected chi connectivity index (χ1v) is 7.72. The topological polar surface area (TPSA) is 52.6 Å². The van der Waals surface area contributed by atoms with Gasteiger partial charge in [-0.15, -0.1) is 0 Å². The molecule has 1 atom stereocenters. The molecule has 0 N–H and O–H groups in total. The fraction of sp³-hybridized carbons (Fsp3) is 0.444. The molecule has 4 nitrogen and oxygen atoms in total. The predicted octanol–water partition coefficient (Wildman–Crippen LogP) is 4.36. The van der Waals surface area contributed by atoms with E-state index in [0.717, 1.165) is 31.9 Å². The van der Waals surface area contributed by atoms with Gasteiger partial charge < -0.3 is 9.47 Å². The Kier molecular flexibility index (Phi) is 7.97. The summed E-state index contributed by atoms with van der Waals surface area (Å²) in [5.41, 5.74) is 0.411. The summed E-state index contributed by atoms with van der Waals surface area (Å²) in [5.74, 6) is -0.747. The fourth-order valence-corrected chi connectivity index (χ4v) is 2.15. The minimum atomic E-state index is -0.611. The summed E-state index contributed by atoms with van der Waals surface area (Å²) in [6.45, 7) is 7.94. The summed E-state index contributed by atoms with van der Waals surface area (Å²) in [5, 5.41) is 0. The number of hydrogen-bond donors (Lipinski definition) is 0. The molecule has 0 fully saturated rings. The predicted molar refractivity (Wildman–Crippen MR) is 85.6 cm³/mol. The van der Waals surface area contributed by atoms with E-state index in [-0.39, 0.29) is 11.1 Å². The van der Waals surface area contributed by atoms with Crippen LogP contribution in [0.1, 0.15) is 60.2 Å². The van der Waals surface area contributed by atoms with Crippen molar-refractivity contribution in [2.45, 2.75) is 39.5 Å². The second-order valence-electron chi connectivity index (χ2n) is 5.13.